The summed E-state index contributed by atoms with van der Waals surface area (Å²) in [5, 5.41) is 0. The predicted molar refractivity (Wildman–Crippen MR) is 61.7 cm³/mol. The van der Waals surface area contributed by atoms with Crippen LogP contribution < -0.4 is 5.73 Å². The number of carbonyl (C=O) groups excluding carboxylic acids is 2. The van der Waals surface area contributed by atoms with Gasteiger partial charge < -0.3 is 15.5 Å². The molecule has 16 heavy (non-hydrogen) atoms. The number of nitrogens with zero attached hydrogens (tertiary/aromatic N) is 2. The molecule has 0 aromatic heterocycles. The fraction of sp³-hybridized carbons (Fsp3) is 0.818. The van der Waals surface area contributed by atoms with Gasteiger partial charge in [-0.15, -0.1) is 0 Å². The van der Waals surface area contributed by atoms with Crippen LogP contribution in [0.25, 0.3) is 0 Å². The van der Waals surface area contributed by atoms with E-state index in [0.717, 1.165) is 12.8 Å². The minimum atomic E-state index is -0.359. The molecule has 0 aliphatic heterocycles. The summed E-state index contributed by atoms with van der Waals surface area (Å²) in [6.45, 7) is 2.98. The van der Waals surface area contributed by atoms with Crippen molar-refractivity contribution in [2.24, 2.45) is 11.1 Å². The van der Waals surface area contributed by atoms with Gasteiger partial charge in [-0.25, -0.2) is 0 Å². The molecule has 92 valence electrons. The first-order valence-electron chi connectivity index (χ1n) is 5.66. The van der Waals surface area contributed by atoms with Crippen molar-refractivity contribution in [3.05, 3.63) is 0 Å². The van der Waals surface area contributed by atoms with Gasteiger partial charge in [0.2, 0.25) is 11.8 Å². The first-order chi connectivity index (χ1) is 7.46. The van der Waals surface area contributed by atoms with E-state index >= 15 is 0 Å². The highest BCUT2D eigenvalue weighted by Gasteiger charge is 2.50. The highest BCUT2D eigenvalue weighted by atomic mass is 16.2. The lowest BCUT2D eigenvalue weighted by Gasteiger charge is -2.26. The molecular weight excluding hydrogens is 206 g/mol. The lowest BCUT2D eigenvalue weighted by molar-refractivity contribution is -0.142. The maximum atomic E-state index is 12.1. The number of carbonyl (C=O) groups is 2. The first kappa shape index (κ1) is 13.0. The summed E-state index contributed by atoms with van der Waals surface area (Å²) in [4.78, 5) is 26.8. The third-order valence-electron chi connectivity index (χ3n) is 3.19. The molecule has 0 saturated heterocycles. The van der Waals surface area contributed by atoms with Crippen molar-refractivity contribution < 1.29 is 9.59 Å². The molecule has 0 atom stereocenters. The largest absolute Gasteiger partial charge is 0.347 e. The van der Waals surface area contributed by atoms with Crippen LogP contribution in [0.2, 0.25) is 0 Å². The second-order valence-corrected chi connectivity index (χ2v) is 4.59. The van der Waals surface area contributed by atoms with E-state index < -0.39 is 0 Å². The Morgan fingerprint density at radius 1 is 1.31 bits per heavy atom. The van der Waals surface area contributed by atoms with E-state index in [1.807, 2.05) is 6.92 Å². The van der Waals surface area contributed by atoms with E-state index in [2.05, 4.69) is 0 Å². The molecule has 0 aromatic rings. The van der Waals surface area contributed by atoms with Gasteiger partial charge in [-0.1, -0.05) is 0 Å². The number of rotatable bonds is 5. The summed E-state index contributed by atoms with van der Waals surface area (Å²) in [6, 6.07) is 0. The van der Waals surface area contributed by atoms with Crippen LogP contribution in [0.4, 0.5) is 0 Å². The van der Waals surface area contributed by atoms with Crippen LogP contribution in [0.3, 0.4) is 0 Å². The van der Waals surface area contributed by atoms with Crippen molar-refractivity contribution in [2.75, 3.05) is 33.7 Å². The molecule has 0 heterocycles. The van der Waals surface area contributed by atoms with Gasteiger partial charge in [0, 0.05) is 27.2 Å². The summed E-state index contributed by atoms with van der Waals surface area (Å²) in [5.74, 6) is -0.0179. The van der Waals surface area contributed by atoms with Crippen LogP contribution in [-0.2, 0) is 9.59 Å². The molecular formula is C11H21N3O2. The second-order valence-electron chi connectivity index (χ2n) is 4.59. The molecule has 5 nitrogen and oxygen atoms in total. The number of hydrogen-bond acceptors (Lipinski definition) is 3. The van der Waals surface area contributed by atoms with E-state index in [-0.39, 0.29) is 23.8 Å². The Labute approximate surface area is 96.6 Å². The Morgan fingerprint density at radius 2 is 1.88 bits per heavy atom. The van der Waals surface area contributed by atoms with Gasteiger partial charge in [-0.05, 0) is 19.8 Å². The van der Waals surface area contributed by atoms with Gasteiger partial charge in [-0.3, -0.25) is 9.59 Å². The zero-order valence-electron chi connectivity index (χ0n) is 10.3. The summed E-state index contributed by atoms with van der Waals surface area (Å²) >= 11 is 0. The van der Waals surface area contributed by atoms with Crippen molar-refractivity contribution in [3.8, 4) is 0 Å². The molecule has 1 saturated carbocycles. The quantitative estimate of drug-likeness (QED) is 0.699. The van der Waals surface area contributed by atoms with Crippen LogP contribution in [-0.4, -0.2) is 55.3 Å². The Balaban J connectivity index is 2.61. The molecule has 1 fully saturated rings. The van der Waals surface area contributed by atoms with Crippen molar-refractivity contribution in [1.29, 1.82) is 0 Å². The normalized spacial score (nSPS) is 16.8. The number of hydrogen-bond donors (Lipinski definition) is 1. The standard InChI is InChI=1S/C11H21N3O2/c1-4-14(7-9(15)13(2)3)10(16)11(8-12)5-6-11/h4-8,12H2,1-3H3. The Morgan fingerprint density at radius 3 is 2.19 bits per heavy atom. The zero-order chi connectivity index (χ0) is 12.3. The van der Waals surface area contributed by atoms with E-state index in [1.165, 1.54) is 4.90 Å². The van der Waals surface area contributed by atoms with Crippen molar-refractivity contribution >= 4 is 11.8 Å². The van der Waals surface area contributed by atoms with Crippen LogP contribution in [0.1, 0.15) is 19.8 Å². The van der Waals surface area contributed by atoms with Crippen LogP contribution in [0.15, 0.2) is 0 Å². The van der Waals surface area contributed by atoms with Crippen molar-refractivity contribution in [3.63, 3.8) is 0 Å². The number of nitrogens with two attached hydrogens (primary N) is 1. The van der Waals surface area contributed by atoms with Gasteiger partial charge in [-0.2, -0.15) is 0 Å². The lowest BCUT2D eigenvalue weighted by atomic mass is 10.1. The maximum Gasteiger partial charge on any atom is 0.241 e. The zero-order valence-corrected chi connectivity index (χ0v) is 10.3. The predicted octanol–water partition coefficient (Wildman–Crippen LogP) is -0.338. The molecule has 0 radical (unpaired) electrons. The molecule has 1 rings (SSSR count). The van der Waals surface area contributed by atoms with Crippen LogP contribution in [0.5, 0.6) is 0 Å². The molecule has 1 aliphatic rings. The molecule has 5 heteroatoms. The minimum absolute atomic E-state index is 0.0349. The molecule has 2 amide bonds. The topological polar surface area (TPSA) is 66.6 Å². The SMILES string of the molecule is CCN(CC(=O)N(C)C)C(=O)C1(CN)CC1. The number of likely N-dealkylation sites (N-methyl/N-ethyl adjacent to an activating group) is 2. The van der Waals surface area contributed by atoms with Gasteiger partial charge >= 0.3 is 0 Å². The molecule has 0 unspecified atom stereocenters. The van der Waals surface area contributed by atoms with E-state index in [9.17, 15) is 9.59 Å². The fourth-order valence-corrected chi connectivity index (χ4v) is 1.62. The van der Waals surface area contributed by atoms with Gasteiger partial charge in [0.25, 0.3) is 0 Å². The summed E-state index contributed by atoms with van der Waals surface area (Å²) in [7, 11) is 3.38. The highest BCUT2D eigenvalue weighted by Crippen LogP contribution is 2.46. The minimum Gasteiger partial charge on any atom is -0.347 e. The molecule has 1 aliphatic carbocycles. The fourth-order valence-electron chi connectivity index (χ4n) is 1.62. The van der Waals surface area contributed by atoms with Crippen molar-refractivity contribution in [2.45, 2.75) is 19.8 Å². The Kier molecular flexibility index (Phi) is 3.91. The molecule has 2 N–H and O–H groups in total. The Hall–Kier alpha value is -1.10. The van der Waals surface area contributed by atoms with Crippen LogP contribution >= 0.6 is 0 Å². The van der Waals surface area contributed by atoms with Gasteiger partial charge in [0.1, 0.15) is 0 Å². The van der Waals surface area contributed by atoms with E-state index in [1.54, 1.807) is 19.0 Å². The molecule has 0 spiro atoms. The van der Waals surface area contributed by atoms with E-state index in [4.69, 9.17) is 5.73 Å². The van der Waals surface area contributed by atoms with E-state index in [0.29, 0.717) is 13.1 Å². The molecule has 0 aromatic carbocycles. The third-order valence-corrected chi connectivity index (χ3v) is 3.19. The third kappa shape index (κ3) is 2.52. The smallest absolute Gasteiger partial charge is 0.241 e. The van der Waals surface area contributed by atoms with Crippen LogP contribution in [0, 0.1) is 5.41 Å². The summed E-state index contributed by atoms with van der Waals surface area (Å²) < 4.78 is 0. The maximum absolute atomic E-state index is 12.1. The lowest BCUT2D eigenvalue weighted by Crippen LogP contribution is -2.45. The Bertz CT molecular complexity index is 285. The average Bonchev–Trinajstić information content (AvgIpc) is 3.05. The first-order valence-corrected chi connectivity index (χ1v) is 5.66. The summed E-state index contributed by atoms with van der Waals surface area (Å²) in [6.07, 6.45) is 1.71. The van der Waals surface area contributed by atoms with Gasteiger partial charge in [0.15, 0.2) is 0 Å². The average molecular weight is 227 g/mol. The van der Waals surface area contributed by atoms with Gasteiger partial charge in [0.05, 0.1) is 12.0 Å². The molecule has 0 bridgehead atoms. The second kappa shape index (κ2) is 4.82. The number of amides is 2. The highest BCUT2D eigenvalue weighted by molar-refractivity contribution is 5.89. The summed E-state index contributed by atoms with van der Waals surface area (Å²) in [5.41, 5.74) is 5.25. The van der Waals surface area contributed by atoms with Crippen molar-refractivity contribution in [1.82, 2.24) is 9.80 Å². The monoisotopic (exact) mass is 227 g/mol.